The van der Waals surface area contributed by atoms with E-state index in [4.69, 9.17) is 36.7 Å². The third kappa shape index (κ3) is 23.3. The van der Waals surface area contributed by atoms with Crippen molar-refractivity contribution in [3.63, 3.8) is 0 Å². The monoisotopic (exact) mass is 1230 g/mol. The Kier molecular flexibility index (Phi) is 28.8. The number of methoxy groups -OCH3 is 1. The molecule has 0 aromatic heterocycles. The molecule has 0 aromatic carbocycles. The van der Waals surface area contributed by atoms with Crippen molar-refractivity contribution in [2.45, 2.75) is 298 Å². The highest BCUT2D eigenvalue weighted by molar-refractivity contribution is 14.1. The molecule has 9 nitrogen and oxygen atoms in total. The Morgan fingerprint density at radius 2 is 1.20 bits per heavy atom. The maximum Gasteiger partial charge on any atom is 0.308 e. The maximum absolute atomic E-state index is 15.4. The quantitative estimate of drug-likeness (QED) is 0.0229. The molecule has 1 rings (SSSR count). The van der Waals surface area contributed by atoms with Gasteiger partial charge in [0.2, 0.25) is 0 Å². The molecule has 0 N–H and O–H groups in total. The minimum absolute atomic E-state index is 0.0253. The Labute approximate surface area is 481 Å². The Morgan fingerprint density at radius 3 is 1.69 bits per heavy atom. The molecule has 0 aliphatic carbocycles. The molecule has 75 heavy (non-hydrogen) atoms. The number of allylic oxidation sites excluding steroid dienone is 3. The number of rotatable bonds is 30. The molecule has 1 heterocycles. The zero-order valence-corrected chi connectivity index (χ0v) is 59.9. The molecule has 1 aliphatic rings. The molecule has 0 amide bonds. The maximum atomic E-state index is 15.4. The van der Waals surface area contributed by atoms with E-state index in [1.54, 1.807) is 0 Å². The Bertz CT molecular complexity index is 1820. The molecule has 0 unspecified atom stereocenters. The van der Waals surface area contributed by atoms with Crippen LogP contribution in [0.15, 0.2) is 46.6 Å². The molecular formula is C61H119IO9Si4. The third-order valence-electron chi connectivity index (χ3n) is 18.1. The van der Waals surface area contributed by atoms with Crippen molar-refractivity contribution in [2.24, 2.45) is 23.7 Å². The number of ether oxygens (including phenoxy) is 4. The van der Waals surface area contributed by atoms with Crippen LogP contribution in [0.25, 0.3) is 0 Å². The Balaban J connectivity index is 4.18. The van der Waals surface area contributed by atoms with Crippen molar-refractivity contribution in [3.05, 3.63) is 46.6 Å². The summed E-state index contributed by atoms with van der Waals surface area (Å²) in [6.45, 7) is 65.4. The summed E-state index contributed by atoms with van der Waals surface area (Å²) in [5, 5.41) is -0.0619. The summed E-state index contributed by atoms with van der Waals surface area (Å²) < 4.78 is 57.5. The summed E-state index contributed by atoms with van der Waals surface area (Å²) in [6.07, 6.45) is 14.0. The van der Waals surface area contributed by atoms with Gasteiger partial charge in [0.05, 0.1) is 43.5 Å². The van der Waals surface area contributed by atoms with Crippen LogP contribution in [0.4, 0.5) is 0 Å². The molecule has 0 saturated carbocycles. The number of esters is 1. The number of carbonyl (C=O) groups excluding carboxylic acids is 1. The third-order valence-corrected chi connectivity index (χ3v) is 36.6. The average molecular weight is 1240 g/mol. The van der Waals surface area contributed by atoms with E-state index in [9.17, 15) is 0 Å². The normalized spacial score (nSPS) is 22.4. The van der Waals surface area contributed by atoms with Crippen molar-refractivity contribution in [2.75, 3.05) is 13.7 Å². The summed E-state index contributed by atoms with van der Waals surface area (Å²) in [7, 11) is -7.24. The van der Waals surface area contributed by atoms with Gasteiger partial charge in [0.15, 0.2) is 39.1 Å². The average Bonchev–Trinajstić information content (AvgIpc) is 3.23. The first-order valence-electron chi connectivity index (χ1n) is 28.8. The summed E-state index contributed by atoms with van der Waals surface area (Å²) in [5.74, 6) is -1.20. The van der Waals surface area contributed by atoms with E-state index in [1.807, 2.05) is 27.0 Å². The summed E-state index contributed by atoms with van der Waals surface area (Å²) in [4.78, 5) is 15.4. The fraction of sp³-hybridized carbons (Fsp3) is 0.852. The van der Waals surface area contributed by atoms with Crippen LogP contribution in [0.1, 0.15) is 176 Å². The second-order valence-corrected chi connectivity index (χ2v) is 48.9. The molecule has 440 valence electrons. The predicted octanol–water partition coefficient (Wildman–Crippen LogP) is 18.5. The van der Waals surface area contributed by atoms with Gasteiger partial charge in [-0.05, 0) is 135 Å². The van der Waals surface area contributed by atoms with Crippen LogP contribution in [-0.4, -0.2) is 101 Å². The number of carbonyl (C=O) groups is 1. The number of hydrogen-bond donors (Lipinski definition) is 0. The standard InChI is InChI=1S/C61H119IO9Si4/c1-30-34-45(3)55-48(6)56(68-61(19,20)67-55)47(5)53(71-75(28,29)60(16,17)18)43-54(63)66-51(42-50(69-73(24,25)58(10,11)12)37-31-36-49(64-21)38-32-39-62)46(4)52(70-74(26,27)59(13,14)15)41-44(2)35-33-40-65-72(22,23)57(7,8)9/h30,32-33,35,39,41,45-53,55-56H,1,31,34,36-38,40,42-43H2,2-29H3/b35-33+,39-32-,44-41+/t45-,46-,47+,48-,49-,50+,51-,52+,53+,55+,56-/m0/s1. The smallest absolute Gasteiger partial charge is 0.308 e. The van der Waals surface area contributed by atoms with Gasteiger partial charge in [-0.3, -0.25) is 4.79 Å². The van der Waals surface area contributed by atoms with Gasteiger partial charge in [0.1, 0.15) is 6.10 Å². The molecule has 0 aromatic rings. The second kappa shape index (κ2) is 29.6. The highest BCUT2D eigenvalue weighted by atomic mass is 127. The predicted molar refractivity (Wildman–Crippen MR) is 339 cm³/mol. The van der Waals surface area contributed by atoms with Gasteiger partial charge in [-0.2, -0.15) is 0 Å². The molecule has 0 bridgehead atoms. The van der Waals surface area contributed by atoms with Gasteiger partial charge in [0.25, 0.3) is 0 Å². The van der Waals surface area contributed by atoms with E-state index < -0.39 is 51.3 Å². The fourth-order valence-corrected chi connectivity index (χ4v) is 14.1. The van der Waals surface area contributed by atoms with E-state index in [1.165, 1.54) is 0 Å². The highest BCUT2D eigenvalue weighted by Crippen LogP contribution is 2.45. The lowest BCUT2D eigenvalue weighted by Gasteiger charge is -2.50. The molecule has 1 aliphatic heterocycles. The molecule has 0 spiro atoms. The van der Waals surface area contributed by atoms with E-state index >= 15 is 4.79 Å². The highest BCUT2D eigenvalue weighted by Gasteiger charge is 2.50. The van der Waals surface area contributed by atoms with E-state index in [2.05, 4.69) is 228 Å². The molecule has 11 atom stereocenters. The molecule has 1 fully saturated rings. The lowest BCUT2D eigenvalue weighted by atomic mass is 9.79. The lowest BCUT2D eigenvalue weighted by Crippen LogP contribution is -2.57. The van der Waals surface area contributed by atoms with Crippen LogP contribution in [-0.2, 0) is 41.4 Å². The van der Waals surface area contributed by atoms with E-state index in [0.29, 0.717) is 13.0 Å². The molecule has 1 saturated heterocycles. The van der Waals surface area contributed by atoms with Gasteiger partial charge in [-0.25, -0.2) is 0 Å². The van der Waals surface area contributed by atoms with Crippen LogP contribution >= 0.6 is 22.6 Å². The van der Waals surface area contributed by atoms with Crippen LogP contribution in [0.3, 0.4) is 0 Å². The van der Waals surface area contributed by atoms with Crippen molar-refractivity contribution in [1.29, 1.82) is 0 Å². The SMILES string of the molecule is C=CC[C@H](C)[C@H]1OC(C)(C)O[C@@H]([C@H](C)[C@@H](CC(=O)O[C@@H](C[C@@H](CCC[C@@H](C/C=C\I)OC)O[Si](C)(C)C(C)(C)C)[C@H](C)[C@@H](/C=C(C)/C=C/CO[Si](C)(C)C(C)(C)C)O[Si](C)(C)C(C)(C)C)O[Si](C)(C)C(C)(C)C)[C@H]1C. The van der Waals surface area contributed by atoms with Crippen molar-refractivity contribution in [1.82, 2.24) is 0 Å². The van der Waals surface area contributed by atoms with Gasteiger partial charge >= 0.3 is 5.97 Å². The summed E-state index contributed by atoms with van der Waals surface area (Å²) >= 11 is 2.28. The minimum Gasteiger partial charge on any atom is -0.462 e. The Hall–Kier alpha value is -0.252. The largest absolute Gasteiger partial charge is 0.462 e. The molecule has 0 radical (unpaired) electrons. The second-order valence-electron chi connectivity index (χ2n) is 29.1. The number of halogens is 1. The van der Waals surface area contributed by atoms with Crippen molar-refractivity contribution >= 4 is 61.8 Å². The van der Waals surface area contributed by atoms with Crippen LogP contribution in [0, 0.1) is 23.7 Å². The minimum atomic E-state index is -2.43. The Morgan fingerprint density at radius 1 is 0.707 bits per heavy atom. The van der Waals surface area contributed by atoms with Crippen molar-refractivity contribution < 1.29 is 41.4 Å². The first kappa shape index (κ1) is 72.8. The summed E-state index contributed by atoms with van der Waals surface area (Å²) in [6, 6.07) is 0. The summed E-state index contributed by atoms with van der Waals surface area (Å²) in [5.41, 5.74) is 1.08. The number of hydrogen-bond acceptors (Lipinski definition) is 9. The van der Waals surface area contributed by atoms with Gasteiger partial charge in [-0.15, -0.1) is 6.58 Å². The van der Waals surface area contributed by atoms with Gasteiger partial charge in [0, 0.05) is 37.4 Å². The van der Waals surface area contributed by atoms with E-state index in [-0.39, 0.29) is 86.7 Å². The first-order chi connectivity index (χ1) is 33.8. The van der Waals surface area contributed by atoms with Crippen LogP contribution in [0.5, 0.6) is 0 Å². The fourth-order valence-electron chi connectivity index (χ4n) is 8.78. The van der Waals surface area contributed by atoms with Crippen LogP contribution < -0.4 is 0 Å². The van der Waals surface area contributed by atoms with Gasteiger partial charge < -0.3 is 36.7 Å². The first-order valence-corrected chi connectivity index (χ1v) is 41.6. The zero-order chi connectivity index (χ0) is 58.6. The zero-order valence-electron chi connectivity index (χ0n) is 53.7. The van der Waals surface area contributed by atoms with E-state index in [0.717, 1.165) is 37.7 Å². The molecule has 14 heteroatoms. The van der Waals surface area contributed by atoms with Gasteiger partial charge in [-0.1, -0.05) is 169 Å². The lowest BCUT2D eigenvalue weighted by molar-refractivity contribution is -0.337. The van der Waals surface area contributed by atoms with Crippen LogP contribution in [0.2, 0.25) is 72.5 Å². The van der Waals surface area contributed by atoms with Crippen molar-refractivity contribution in [3.8, 4) is 0 Å². The molecular weight excluding hydrogens is 1120 g/mol. The topological polar surface area (TPSA) is 90.9 Å².